The molecule has 9 heteroatoms. The first kappa shape index (κ1) is 20.4. The van der Waals surface area contributed by atoms with Crippen molar-refractivity contribution in [1.82, 2.24) is 14.6 Å². The van der Waals surface area contributed by atoms with Gasteiger partial charge in [-0.05, 0) is 31.0 Å². The van der Waals surface area contributed by atoms with E-state index in [1.165, 1.54) is 19.1 Å². The Labute approximate surface area is 174 Å². The molecule has 0 fully saturated rings. The highest BCUT2D eigenvalue weighted by Gasteiger charge is 2.39. The summed E-state index contributed by atoms with van der Waals surface area (Å²) in [5.74, 6) is -0.736. The molecular formula is C22H17F3N4O2. The summed E-state index contributed by atoms with van der Waals surface area (Å²) in [6.45, 7) is 3.24. The molecule has 0 radical (unpaired) electrons. The Hall–Kier alpha value is -3.88. The number of hydrogen-bond acceptors (Lipinski definition) is 3. The van der Waals surface area contributed by atoms with Gasteiger partial charge in [-0.25, -0.2) is 0 Å². The number of halogens is 3. The maximum Gasteiger partial charge on any atom is 0.435 e. The molecule has 0 aliphatic carbocycles. The number of nitrogens with one attached hydrogen (secondary N) is 2. The standard InChI is InChI=1S/C22H17F3N4O2/c1-12-8-6-7-11-15(12)27-20(30)16-13(2)26-19-17(14-9-4-3-5-10-14)18(22(23,24)25)28-29(19)21(16)31/h3-11,26H,1-2H3,(H,27,30). The van der Waals surface area contributed by atoms with Crippen molar-refractivity contribution >= 4 is 17.2 Å². The molecule has 2 heterocycles. The van der Waals surface area contributed by atoms with Gasteiger partial charge in [-0.3, -0.25) is 9.59 Å². The van der Waals surface area contributed by atoms with E-state index in [0.29, 0.717) is 10.2 Å². The van der Waals surface area contributed by atoms with Gasteiger partial charge in [-0.1, -0.05) is 48.5 Å². The van der Waals surface area contributed by atoms with E-state index >= 15 is 0 Å². The van der Waals surface area contributed by atoms with Gasteiger partial charge in [0, 0.05) is 11.4 Å². The Morgan fingerprint density at radius 3 is 2.32 bits per heavy atom. The van der Waals surface area contributed by atoms with Gasteiger partial charge in [0.25, 0.3) is 11.5 Å². The van der Waals surface area contributed by atoms with Crippen LogP contribution in [0.2, 0.25) is 0 Å². The van der Waals surface area contributed by atoms with Crippen molar-refractivity contribution in [2.75, 3.05) is 5.32 Å². The summed E-state index contributed by atoms with van der Waals surface area (Å²) in [6.07, 6.45) is -4.80. The fourth-order valence-electron chi connectivity index (χ4n) is 3.43. The summed E-state index contributed by atoms with van der Waals surface area (Å²) in [4.78, 5) is 28.6. The fraction of sp³-hybridized carbons (Fsp3) is 0.136. The number of aryl methyl sites for hydroxylation is 2. The van der Waals surface area contributed by atoms with E-state index in [4.69, 9.17) is 0 Å². The van der Waals surface area contributed by atoms with Crippen molar-refractivity contribution in [3.63, 3.8) is 0 Å². The second kappa shape index (κ2) is 7.42. The molecule has 0 bridgehead atoms. The molecule has 0 saturated carbocycles. The van der Waals surface area contributed by atoms with Gasteiger partial charge in [0.05, 0.1) is 5.56 Å². The number of para-hydroxylation sites is 1. The van der Waals surface area contributed by atoms with Crippen LogP contribution in [0.25, 0.3) is 16.8 Å². The van der Waals surface area contributed by atoms with Crippen molar-refractivity contribution in [2.24, 2.45) is 0 Å². The number of carbonyl (C=O) groups excluding carboxylic acids is 1. The van der Waals surface area contributed by atoms with Gasteiger partial charge in [0.2, 0.25) is 0 Å². The number of hydrogen-bond donors (Lipinski definition) is 2. The van der Waals surface area contributed by atoms with E-state index in [2.05, 4.69) is 15.4 Å². The predicted molar refractivity (Wildman–Crippen MR) is 110 cm³/mol. The van der Waals surface area contributed by atoms with Gasteiger partial charge < -0.3 is 10.3 Å². The van der Waals surface area contributed by atoms with E-state index < -0.39 is 23.3 Å². The lowest BCUT2D eigenvalue weighted by Gasteiger charge is -2.10. The monoisotopic (exact) mass is 426 g/mol. The zero-order valence-corrected chi connectivity index (χ0v) is 16.5. The Balaban J connectivity index is 1.93. The average Bonchev–Trinajstić information content (AvgIpc) is 3.10. The molecule has 0 aliphatic heterocycles. The summed E-state index contributed by atoms with van der Waals surface area (Å²) < 4.78 is 41.8. The quantitative estimate of drug-likeness (QED) is 0.503. The van der Waals surface area contributed by atoms with Crippen LogP contribution in [0.4, 0.5) is 18.9 Å². The second-order valence-electron chi connectivity index (χ2n) is 7.05. The van der Waals surface area contributed by atoms with Crippen molar-refractivity contribution in [3.8, 4) is 11.1 Å². The largest absolute Gasteiger partial charge is 0.435 e. The van der Waals surface area contributed by atoms with Crippen LogP contribution in [-0.4, -0.2) is 20.5 Å². The fourth-order valence-corrected chi connectivity index (χ4v) is 3.43. The zero-order chi connectivity index (χ0) is 22.3. The summed E-state index contributed by atoms with van der Waals surface area (Å²) in [6, 6.07) is 14.8. The van der Waals surface area contributed by atoms with Crippen molar-refractivity contribution in [2.45, 2.75) is 20.0 Å². The number of nitrogens with zero attached hydrogens (tertiary/aromatic N) is 2. The molecule has 0 aliphatic rings. The highest BCUT2D eigenvalue weighted by atomic mass is 19.4. The maximum atomic E-state index is 13.7. The summed E-state index contributed by atoms with van der Waals surface area (Å²) in [5, 5.41) is 6.17. The molecule has 31 heavy (non-hydrogen) atoms. The molecule has 4 aromatic rings. The molecule has 158 valence electrons. The number of aromatic nitrogens is 3. The molecule has 1 amide bonds. The lowest BCUT2D eigenvalue weighted by molar-refractivity contribution is -0.140. The molecule has 0 saturated heterocycles. The van der Waals surface area contributed by atoms with Crippen LogP contribution < -0.4 is 10.9 Å². The van der Waals surface area contributed by atoms with E-state index in [-0.39, 0.29) is 28.0 Å². The van der Waals surface area contributed by atoms with Crippen molar-refractivity contribution in [3.05, 3.63) is 87.5 Å². The first-order valence-corrected chi connectivity index (χ1v) is 9.33. The number of fused-ring (bicyclic) bond motifs is 1. The third-order valence-electron chi connectivity index (χ3n) is 4.92. The van der Waals surface area contributed by atoms with Crippen LogP contribution in [0.5, 0.6) is 0 Å². The van der Waals surface area contributed by atoms with E-state index in [1.54, 1.807) is 49.4 Å². The predicted octanol–water partition coefficient (Wildman–Crippen LogP) is 4.58. The number of amides is 1. The number of carbonyl (C=O) groups is 1. The van der Waals surface area contributed by atoms with E-state index in [0.717, 1.165) is 5.56 Å². The smallest absolute Gasteiger partial charge is 0.342 e. The molecular weight excluding hydrogens is 409 g/mol. The first-order valence-electron chi connectivity index (χ1n) is 9.33. The number of benzene rings is 2. The van der Waals surface area contributed by atoms with Gasteiger partial charge in [0.1, 0.15) is 11.2 Å². The Morgan fingerprint density at radius 2 is 1.68 bits per heavy atom. The van der Waals surface area contributed by atoms with Gasteiger partial charge in [-0.2, -0.15) is 22.8 Å². The van der Waals surface area contributed by atoms with Crippen LogP contribution in [0.15, 0.2) is 59.4 Å². The maximum absolute atomic E-state index is 13.7. The molecule has 0 unspecified atom stereocenters. The number of H-pyrrole nitrogens is 1. The average molecular weight is 426 g/mol. The molecule has 2 aromatic carbocycles. The Kier molecular flexibility index (Phi) is 4.88. The van der Waals surface area contributed by atoms with Crippen LogP contribution in [0.3, 0.4) is 0 Å². The topological polar surface area (TPSA) is 79.3 Å². The van der Waals surface area contributed by atoms with Crippen LogP contribution in [-0.2, 0) is 6.18 Å². The zero-order valence-electron chi connectivity index (χ0n) is 16.5. The summed E-state index contributed by atoms with van der Waals surface area (Å²) in [5.41, 5.74) is -1.19. The minimum absolute atomic E-state index is 0.131. The summed E-state index contributed by atoms with van der Waals surface area (Å²) in [7, 11) is 0. The molecule has 0 spiro atoms. The highest BCUT2D eigenvalue weighted by Crippen LogP contribution is 2.38. The lowest BCUT2D eigenvalue weighted by atomic mass is 10.1. The lowest BCUT2D eigenvalue weighted by Crippen LogP contribution is -2.29. The normalized spacial score (nSPS) is 11.6. The van der Waals surface area contributed by atoms with E-state index in [9.17, 15) is 22.8 Å². The number of aromatic amines is 1. The second-order valence-corrected chi connectivity index (χ2v) is 7.05. The Morgan fingerprint density at radius 1 is 1.03 bits per heavy atom. The third kappa shape index (κ3) is 3.58. The molecule has 6 nitrogen and oxygen atoms in total. The minimum atomic E-state index is -4.80. The van der Waals surface area contributed by atoms with E-state index in [1.807, 2.05) is 0 Å². The van der Waals surface area contributed by atoms with Gasteiger partial charge in [0.15, 0.2) is 5.69 Å². The SMILES string of the molecule is Cc1ccccc1NC(=O)c1c(C)[nH]c2c(-c3ccccc3)c(C(F)(F)F)nn2c1=O. The number of alkyl halides is 3. The van der Waals surface area contributed by atoms with Crippen LogP contribution >= 0.6 is 0 Å². The summed E-state index contributed by atoms with van der Waals surface area (Å²) >= 11 is 0. The van der Waals surface area contributed by atoms with Crippen molar-refractivity contribution < 1.29 is 18.0 Å². The van der Waals surface area contributed by atoms with Crippen LogP contribution in [0, 0.1) is 13.8 Å². The number of rotatable bonds is 3. The number of anilines is 1. The minimum Gasteiger partial charge on any atom is -0.342 e. The molecule has 2 N–H and O–H groups in total. The van der Waals surface area contributed by atoms with Crippen molar-refractivity contribution in [1.29, 1.82) is 0 Å². The highest BCUT2D eigenvalue weighted by molar-refractivity contribution is 6.05. The van der Waals surface area contributed by atoms with Crippen LogP contribution in [0.1, 0.15) is 27.3 Å². The van der Waals surface area contributed by atoms with Gasteiger partial charge >= 0.3 is 6.18 Å². The first-order chi connectivity index (χ1) is 14.7. The molecule has 0 atom stereocenters. The van der Waals surface area contributed by atoms with Gasteiger partial charge in [-0.15, -0.1) is 0 Å². The third-order valence-corrected chi connectivity index (χ3v) is 4.92. The Bertz CT molecular complexity index is 1360. The molecule has 2 aromatic heterocycles. The molecule has 4 rings (SSSR count).